The fourth-order valence-corrected chi connectivity index (χ4v) is 4.65. The van der Waals surface area contributed by atoms with E-state index >= 15 is 0 Å². The molecule has 3 heterocycles. The van der Waals surface area contributed by atoms with E-state index in [1.165, 1.54) is 21.8 Å². The van der Waals surface area contributed by atoms with Crippen molar-refractivity contribution in [1.82, 2.24) is 35.4 Å². The highest BCUT2D eigenvalue weighted by molar-refractivity contribution is 5.88. The molecule has 10 nitrogen and oxygen atoms in total. The fraction of sp³-hybridized carbons (Fsp3) is 0.333. The number of benzene rings is 1. The Morgan fingerprint density at radius 1 is 1.11 bits per heavy atom. The van der Waals surface area contributed by atoms with E-state index in [9.17, 15) is 14.0 Å². The minimum Gasteiger partial charge on any atom is -0.458 e. The average molecular weight is 518 g/mol. The lowest BCUT2D eigenvalue weighted by Gasteiger charge is -2.32. The smallest absolute Gasteiger partial charge is 0.247 e. The van der Waals surface area contributed by atoms with Gasteiger partial charge in [-0.15, -0.1) is 10.2 Å². The summed E-state index contributed by atoms with van der Waals surface area (Å²) in [4.78, 5) is 34.2. The van der Waals surface area contributed by atoms with E-state index in [1.54, 1.807) is 55.7 Å². The summed E-state index contributed by atoms with van der Waals surface area (Å²) in [6.07, 6.45) is 7.08. The predicted octanol–water partition coefficient (Wildman–Crippen LogP) is 3.60. The molecule has 0 spiro atoms. The van der Waals surface area contributed by atoms with Crippen LogP contribution in [0.4, 0.5) is 4.39 Å². The minimum absolute atomic E-state index is 0.0610. The first-order chi connectivity index (χ1) is 18.5. The van der Waals surface area contributed by atoms with Crippen molar-refractivity contribution in [2.24, 2.45) is 0 Å². The number of pyridine rings is 1. The van der Waals surface area contributed by atoms with Gasteiger partial charge in [0.2, 0.25) is 17.6 Å². The summed E-state index contributed by atoms with van der Waals surface area (Å²) in [5, 5.41) is 15.4. The maximum atomic E-state index is 13.8. The quantitative estimate of drug-likeness (QED) is 0.360. The topological polar surface area (TPSA) is 119 Å². The van der Waals surface area contributed by atoms with Crippen molar-refractivity contribution >= 4 is 11.8 Å². The lowest BCUT2D eigenvalue weighted by Crippen LogP contribution is -2.46. The first kappa shape index (κ1) is 25.2. The number of aryl methyl sites for hydroxylation is 1. The summed E-state index contributed by atoms with van der Waals surface area (Å²) in [6, 6.07) is 11.9. The zero-order chi connectivity index (χ0) is 26.5. The van der Waals surface area contributed by atoms with E-state index in [2.05, 4.69) is 25.7 Å². The van der Waals surface area contributed by atoms with Crippen molar-refractivity contribution in [3.8, 4) is 11.6 Å². The lowest BCUT2D eigenvalue weighted by atomic mass is 10.0. The Morgan fingerprint density at radius 3 is 2.53 bits per heavy atom. The van der Waals surface area contributed by atoms with E-state index in [0.717, 1.165) is 25.7 Å². The predicted molar refractivity (Wildman–Crippen MR) is 135 cm³/mol. The summed E-state index contributed by atoms with van der Waals surface area (Å²) in [5.41, 5.74) is 1.29. The average Bonchev–Trinajstić information content (AvgIpc) is 3.68. The molecule has 1 N–H and O–H groups in total. The van der Waals surface area contributed by atoms with Crippen molar-refractivity contribution < 1.29 is 18.4 Å². The molecule has 1 aromatic carbocycles. The molecule has 2 amide bonds. The second-order valence-electron chi connectivity index (χ2n) is 9.37. The van der Waals surface area contributed by atoms with E-state index in [1.807, 2.05) is 0 Å². The molecule has 5 rings (SSSR count). The Hall–Kier alpha value is -4.41. The van der Waals surface area contributed by atoms with Crippen LogP contribution in [0.25, 0.3) is 11.6 Å². The SMILES string of the molecule is Cc1ccc(-c2nnn(CC(=O)N(Cc3ccc(F)cc3)[C@@H](C(=O)NC3CCCC3)c3ccncc3)n2)o1. The number of rotatable bonds is 9. The Morgan fingerprint density at radius 2 is 1.84 bits per heavy atom. The Labute approximate surface area is 218 Å². The molecule has 1 fully saturated rings. The third-order valence-corrected chi connectivity index (χ3v) is 6.56. The Bertz CT molecular complexity index is 1380. The molecule has 3 aromatic heterocycles. The highest BCUT2D eigenvalue weighted by Gasteiger charge is 2.33. The first-order valence-electron chi connectivity index (χ1n) is 12.5. The number of aromatic nitrogens is 5. The standard InChI is InChI=1S/C27H28FN7O3/c1-18-6-11-23(38-18)26-31-33-35(32-26)17-24(36)34(16-19-7-9-21(28)10-8-19)25(20-12-14-29-15-13-20)27(37)30-22-4-2-3-5-22/h6-15,22,25H,2-5,16-17H2,1H3,(H,30,37)/t25-/m1/s1. The molecule has 1 aliphatic rings. The zero-order valence-electron chi connectivity index (χ0n) is 21.0. The molecule has 11 heteroatoms. The molecule has 0 unspecified atom stereocenters. The second kappa shape index (κ2) is 11.3. The van der Waals surface area contributed by atoms with Crippen molar-refractivity contribution in [2.75, 3.05) is 0 Å². The minimum atomic E-state index is -0.938. The van der Waals surface area contributed by atoms with E-state index in [4.69, 9.17) is 4.42 Å². The number of halogens is 1. The van der Waals surface area contributed by atoms with E-state index in [0.29, 0.717) is 22.6 Å². The van der Waals surface area contributed by atoms with Crippen LogP contribution in [-0.2, 0) is 22.7 Å². The van der Waals surface area contributed by atoms with Gasteiger partial charge in [-0.1, -0.05) is 25.0 Å². The summed E-state index contributed by atoms with van der Waals surface area (Å²) in [5.74, 6) is 0.319. The summed E-state index contributed by atoms with van der Waals surface area (Å²) in [7, 11) is 0. The van der Waals surface area contributed by atoms with Crippen LogP contribution < -0.4 is 5.32 Å². The van der Waals surface area contributed by atoms with Crippen molar-refractivity contribution in [1.29, 1.82) is 0 Å². The van der Waals surface area contributed by atoms with Gasteiger partial charge in [0.25, 0.3) is 0 Å². The van der Waals surface area contributed by atoms with E-state index in [-0.39, 0.29) is 36.7 Å². The number of furan rings is 1. The number of carbonyl (C=O) groups excluding carboxylic acids is 2. The van der Waals surface area contributed by atoms with Crippen molar-refractivity contribution in [3.63, 3.8) is 0 Å². The molecule has 1 aliphatic carbocycles. The van der Waals surface area contributed by atoms with Crippen LogP contribution in [0.15, 0.2) is 65.3 Å². The number of hydrogen-bond acceptors (Lipinski definition) is 7. The third kappa shape index (κ3) is 5.93. The van der Waals surface area contributed by atoms with Crippen LogP contribution in [0.3, 0.4) is 0 Å². The molecule has 196 valence electrons. The van der Waals surface area contributed by atoms with Gasteiger partial charge in [-0.05, 0) is 72.5 Å². The maximum absolute atomic E-state index is 13.8. The van der Waals surface area contributed by atoms with Crippen LogP contribution >= 0.6 is 0 Å². The number of nitrogens with one attached hydrogen (secondary N) is 1. The highest BCUT2D eigenvalue weighted by atomic mass is 19.1. The number of amides is 2. The van der Waals surface area contributed by atoms with Gasteiger partial charge in [-0.3, -0.25) is 14.6 Å². The monoisotopic (exact) mass is 517 g/mol. The summed E-state index contributed by atoms with van der Waals surface area (Å²) < 4.78 is 19.2. The molecule has 38 heavy (non-hydrogen) atoms. The highest BCUT2D eigenvalue weighted by Crippen LogP contribution is 2.26. The molecular weight excluding hydrogens is 489 g/mol. The molecule has 0 saturated heterocycles. The van der Waals surface area contributed by atoms with Gasteiger partial charge < -0.3 is 14.6 Å². The molecule has 0 bridgehead atoms. The molecule has 1 saturated carbocycles. The third-order valence-electron chi connectivity index (χ3n) is 6.56. The van der Waals surface area contributed by atoms with Crippen LogP contribution in [-0.4, -0.2) is 47.9 Å². The fourth-order valence-electron chi connectivity index (χ4n) is 4.65. The van der Waals surface area contributed by atoms with Crippen molar-refractivity contribution in [2.45, 2.75) is 57.8 Å². The molecule has 0 radical (unpaired) electrons. The Kier molecular flexibility index (Phi) is 7.52. The van der Waals surface area contributed by atoms with Crippen LogP contribution in [0.2, 0.25) is 0 Å². The lowest BCUT2D eigenvalue weighted by molar-refractivity contribution is -0.142. The van der Waals surface area contributed by atoms with Gasteiger partial charge in [-0.2, -0.15) is 4.80 Å². The van der Waals surface area contributed by atoms with Gasteiger partial charge in [0.15, 0.2) is 5.76 Å². The molecule has 4 aromatic rings. The number of nitrogens with zero attached hydrogens (tertiary/aromatic N) is 6. The largest absolute Gasteiger partial charge is 0.458 e. The van der Waals surface area contributed by atoms with Crippen molar-refractivity contribution in [3.05, 3.63) is 83.6 Å². The first-order valence-corrected chi connectivity index (χ1v) is 12.5. The summed E-state index contributed by atoms with van der Waals surface area (Å²) in [6.45, 7) is 1.62. The van der Waals surface area contributed by atoms with Crippen LogP contribution in [0.5, 0.6) is 0 Å². The number of tetrazole rings is 1. The second-order valence-corrected chi connectivity index (χ2v) is 9.37. The van der Waals surface area contributed by atoms with Crippen LogP contribution in [0, 0.1) is 12.7 Å². The molecule has 1 atom stereocenters. The number of carbonyl (C=O) groups is 2. The molecule has 0 aliphatic heterocycles. The van der Waals surface area contributed by atoms with Gasteiger partial charge >= 0.3 is 0 Å². The number of hydrogen-bond donors (Lipinski definition) is 1. The van der Waals surface area contributed by atoms with E-state index < -0.39 is 11.9 Å². The maximum Gasteiger partial charge on any atom is 0.247 e. The van der Waals surface area contributed by atoms with Gasteiger partial charge in [0, 0.05) is 25.0 Å². The summed E-state index contributed by atoms with van der Waals surface area (Å²) >= 11 is 0. The zero-order valence-corrected chi connectivity index (χ0v) is 21.0. The van der Waals surface area contributed by atoms with Gasteiger partial charge in [-0.25, -0.2) is 4.39 Å². The van der Waals surface area contributed by atoms with Gasteiger partial charge in [0.05, 0.1) is 0 Å². The normalized spacial score (nSPS) is 14.4. The van der Waals surface area contributed by atoms with Crippen LogP contribution in [0.1, 0.15) is 48.6 Å². The Balaban J connectivity index is 1.45. The molecular formula is C27H28FN7O3. The van der Waals surface area contributed by atoms with Gasteiger partial charge in [0.1, 0.15) is 24.2 Å².